The van der Waals surface area contributed by atoms with Crippen molar-refractivity contribution < 1.29 is 4.74 Å². The van der Waals surface area contributed by atoms with E-state index in [1.807, 2.05) is 6.92 Å². The molecule has 2 rings (SSSR count). The van der Waals surface area contributed by atoms with Crippen LogP contribution in [-0.2, 0) is 6.42 Å². The lowest BCUT2D eigenvalue weighted by molar-refractivity contribution is 0.337. The number of hydrogen-bond donors (Lipinski definition) is 1. The van der Waals surface area contributed by atoms with E-state index >= 15 is 0 Å². The van der Waals surface area contributed by atoms with Gasteiger partial charge in [0.05, 0.1) is 6.61 Å². The third-order valence-electron chi connectivity index (χ3n) is 4.38. The van der Waals surface area contributed by atoms with E-state index in [1.54, 1.807) is 0 Å². The normalized spacial score (nSPS) is 12.4. The molecule has 0 amide bonds. The summed E-state index contributed by atoms with van der Waals surface area (Å²) in [5.41, 5.74) is 11.2. The molecule has 2 heteroatoms. The fraction of sp³-hybridized carbons (Fsp3) is 0.429. The molecule has 0 spiro atoms. The molecule has 2 nitrogen and oxygen atoms in total. The van der Waals surface area contributed by atoms with E-state index in [0.29, 0.717) is 25.0 Å². The summed E-state index contributed by atoms with van der Waals surface area (Å²) >= 11 is 0. The first-order valence-corrected chi connectivity index (χ1v) is 8.57. The lowest BCUT2D eigenvalue weighted by Crippen LogP contribution is -2.15. The van der Waals surface area contributed by atoms with Crippen molar-refractivity contribution in [2.24, 2.45) is 5.73 Å². The van der Waals surface area contributed by atoms with E-state index in [0.717, 1.165) is 12.2 Å². The lowest BCUT2D eigenvalue weighted by Gasteiger charge is -2.18. The van der Waals surface area contributed by atoms with Crippen molar-refractivity contribution in [3.63, 3.8) is 0 Å². The minimum Gasteiger partial charge on any atom is -0.494 e. The van der Waals surface area contributed by atoms with Gasteiger partial charge >= 0.3 is 0 Å². The fourth-order valence-electron chi connectivity index (χ4n) is 2.90. The summed E-state index contributed by atoms with van der Waals surface area (Å²) in [6.07, 6.45) is 0.975. The molecule has 0 radical (unpaired) electrons. The highest BCUT2D eigenvalue weighted by molar-refractivity contribution is 5.38. The van der Waals surface area contributed by atoms with Crippen LogP contribution >= 0.6 is 0 Å². The SMILES string of the molecule is CCOc1ccc(C(CN)Cc2ccc(C(C)C)cc2)cc1C. The molecule has 0 aliphatic rings. The molecule has 2 aromatic carbocycles. The number of nitrogens with two attached hydrogens (primary N) is 1. The van der Waals surface area contributed by atoms with Gasteiger partial charge in [0, 0.05) is 5.92 Å². The molecule has 0 aliphatic carbocycles. The minimum absolute atomic E-state index is 0.342. The van der Waals surface area contributed by atoms with Crippen LogP contribution in [0.1, 0.15) is 54.9 Å². The molecule has 1 atom stereocenters. The maximum atomic E-state index is 6.05. The minimum atomic E-state index is 0.342. The highest BCUT2D eigenvalue weighted by Gasteiger charge is 2.13. The zero-order chi connectivity index (χ0) is 16.8. The van der Waals surface area contributed by atoms with Gasteiger partial charge in [-0.2, -0.15) is 0 Å². The van der Waals surface area contributed by atoms with Crippen molar-refractivity contribution in [3.8, 4) is 5.75 Å². The fourth-order valence-corrected chi connectivity index (χ4v) is 2.90. The van der Waals surface area contributed by atoms with Gasteiger partial charge in [-0.1, -0.05) is 50.2 Å². The van der Waals surface area contributed by atoms with Crippen molar-refractivity contribution in [2.45, 2.75) is 46.0 Å². The Labute approximate surface area is 140 Å². The Kier molecular flexibility index (Phi) is 6.23. The van der Waals surface area contributed by atoms with Gasteiger partial charge in [0.1, 0.15) is 5.75 Å². The first kappa shape index (κ1) is 17.6. The first-order valence-electron chi connectivity index (χ1n) is 8.57. The summed E-state index contributed by atoms with van der Waals surface area (Å²) < 4.78 is 5.63. The van der Waals surface area contributed by atoms with Crippen molar-refractivity contribution >= 4 is 0 Å². The Bertz CT molecular complexity index is 616. The molecule has 2 N–H and O–H groups in total. The predicted molar refractivity (Wildman–Crippen MR) is 98.4 cm³/mol. The maximum Gasteiger partial charge on any atom is 0.122 e. The first-order chi connectivity index (χ1) is 11.0. The van der Waals surface area contributed by atoms with Crippen molar-refractivity contribution in [1.29, 1.82) is 0 Å². The van der Waals surface area contributed by atoms with E-state index in [2.05, 4.69) is 63.2 Å². The van der Waals surface area contributed by atoms with E-state index < -0.39 is 0 Å². The third kappa shape index (κ3) is 4.59. The third-order valence-corrected chi connectivity index (χ3v) is 4.38. The van der Waals surface area contributed by atoms with Gasteiger partial charge in [0.15, 0.2) is 0 Å². The number of benzene rings is 2. The quantitative estimate of drug-likeness (QED) is 0.797. The molecule has 2 aromatic rings. The largest absolute Gasteiger partial charge is 0.494 e. The molecule has 1 unspecified atom stereocenters. The molecule has 23 heavy (non-hydrogen) atoms. The second kappa shape index (κ2) is 8.16. The second-order valence-electron chi connectivity index (χ2n) is 6.49. The van der Waals surface area contributed by atoms with Gasteiger partial charge in [0.25, 0.3) is 0 Å². The van der Waals surface area contributed by atoms with Crippen molar-refractivity contribution in [1.82, 2.24) is 0 Å². The van der Waals surface area contributed by atoms with E-state index in [1.165, 1.54) is 22.3 Å². The smallest absolute Gasteiger partial charge is 0.122 e. The monoisotopic (exact) mass is 311 g/mol. The van der Waals surface area contributed by atoms with Crippen molar-refractivity contribution in [2.75, 3.05) is 13.2 Å². The number of hydrogen-bond acceptors (Lipinski definition) is 2. The number of rotatable bonds is 7. The average molecular weight is 311 g/mol. The molecule has 0 saturated carbocycles. The van der Waals surface area contributed by atoms with Crippen LogP contribution in [0.15, 0.2) is 42.5 Å². The standard InChI is InChI=1S/C21H29NO/c1-5-23-21-11-10-19(12-16(21)4)20(14-22)13-17-6-8-18(9-7-17)15(2)3/h6-12,15,20H,5,13-14,22H2,1-4H3. The van der Waals surface area contributed by atoms with Crippen LogP contribution in [0.5, 0.6) is 5.75 Å². The Morgan fingerprint density at radius 2 is 1.65 bits per heavy atom. The molecule has 0 heterocycles. The van der Waals surface area contributed by atoms with Crippen LogP contribution in [0, 0.1) is 6.92 Å². The zero-order valence-electron chi connectivity index (χ0n) is 14.8. The van der Waals surface area contributed by atoms with Gasteiger partial charge in [-0.05, 0) is 61.1 Å². The maximum absolute atomic E-state index is 6.05. The molecular weight excluding hydrogens is 282 g/mol. The van der Waals surface area contributed by atoms with Crippen LogP contribution in [0.25, 0.3) is 0 Å². The topological polar surface area (TPSA) is 35.2 Å². The van der Waals surface area contributed by atoms with Crippen molar-refractivity contribution in [3.05, 3.63) is 64.7 Å². The Morgan fingerprint density at radius 3 is 2.17 bits per heavy atom. The molecular formula is C21H29NO. The van der Waals surface area contributed by atoms with Crippen LogP contribution in [0.3, 0.4) is 0 Å². The molecule has 0 bridgehead atoms. The molecule has 0 saturated heterocycles. The number of aryl methyl sites for hydroxylation is 1. The van der Waals surface area contributed by atoms with Gasteiger partial charge in [-0.25, -0.2) is 0 Å². The Morgan fingerprint density at radius 1 is 1.00 bits per heavy atom. The number of ether oxygens (including phenoxy) is 1. The summed E-state index contributed by atoms with van der Waals surface area (Å²) in [6.45, 7) is 9.90. The van der Waals surface area contributed by atoms with Gasteiger partial charge in [0.2, 0.25) is 0 Å². The van der Waals surface area contributed by atoms with E-state index in [9.17, 15) is 0 Å². The van der Waals surface area contributed by atoms with Gasteiger partial charge < -0.3 is 10.5 Å². The van der Waals surface area contributed by atoms with Crippen LogP contribution in [0.4, 0.5) is 0 Å². The van der Waals surface area contributed by atoms with Gasteiger partial charge in [-0.15, -0.1) is 0 Å². The van der Waals surface area contributed by atoms with E-state index in [-0.39, 0.29) is 0 Å². The Balaban J connectivity index is 2.14. The average Bonchev–Trinajstić information content (AvgIpc) is 2.55. The lowest BCUT2D eigenvalue weighted by atomic mass is 9.90. The summed E-state index contributed by atoms with van der Waals surface area (Å²) in [7, 11) is 0. The molecule has 124 valence electrons. The molecule has 0 fully saturated rings. The highest BCUT2D eigenvalue weighted by Crippen LogP contribution is 2.26. The molecule has 0 aromatic heterocycles. The zero-order valence-corrected chi connectivity index (χ0v) is 14.8. The van der Waals surface area contributed by atoms with Crippen LogP contribution in [0.2, 0.25) is 0 Å². The summed E-state index contributed by atoms with van der Waals surface area (Å²) in [6, 6.07) is 15.4. The summed E-state index contributed by atoms with van der Waals surface area (Å²) in [5, 5.41) is 0. The predicted octanol–water partition coefficient (Wildman–Crippen LogP) is 4.80. The van der Waals surface area contributed by atoms with Gasteiger partial charge in [-0.3, -0.25) is 0 Å². The Hall–Kier alpha value is -1.80. The van der Waals surface area contributed by atoms with E-state index in [4.69, 9.17) is 10.5 Å². The highest BCUT2D eigenvalue weighted by atomic mass is 16.5. The summed E-state index contributed by atoms with van der Waals surface area (Å²) in [4.78, 5) is 0. The summed E-state index contributed by atoms with van der Waals surface area (Å²) in [5.74, 6) is 1.88. The van der Waals surface area contributed by atoms with Crippen LogP contribution in [-0.4, -0.2) is 13.2 Å². The molecule has 0 aliphatic heterocycles. The second-order valence-corrected chi connectivity index (χ2v) is 6.49. The van der Waals surface area contributed by atoms with Crippen LogP contribution < -0.4 is 10.5 Å².